The smallest absolute Gasteiger partial charge is 0.224 e. The SMILES string of the molecule is CN(C)CCn1cc(NC(=O)CCc2cccs2)cn1. The molecule has 0 fully saturated rings. The molecule has 0 bridgehead atoms. The fourth-order valence-corrected chi connectivity index (χ4v) is 2.48. The van der Waals surface area contributed by atoms with Crippen molar-refractivity contribution in [3.8, 4) is 0 Å². The summed E-state index contributed by atoms with van der Waals surface area (Å²) in [5.41, 5.74) is 0.764. The second-order valence-electron chi connectivity index (χ2n) is 4.92. The highest BCUT2D eigenvalue weighted by molar-refractivity contribution is 7.09. The summed E-state index contributed by atoms with van der Waals surface area (Å²) in [6.07, 6.45) is 4.85. The summed E-state index contributed by atoms with van der Waals surface area (Å²) >= 11 is 1.68. The number of carbonyl (C=O) groups excluding carboxylic acids is 1. The van der Waals surface area contributed by atoms with Crippen LogP contribution in [0.15, 0.2) is 29.9 Å². The highest BCUT2D eigenvalue weighted by Crippen LogP contribution is 2.12. The van der Waals surface area contributed by atoms with Crippen LogP contribution in [0.5, 0.6) is 0 Å². The van der Waals surface area contributed by atoms with E-state index in [1.54, 1.807) is 17.5 Å². The summed E-state index contributed by atoms with van der Waals surface area (Å²) in [5.74, 6) is 0.0329. The molecule has 2 aromatic rings. The summed E-state index contributed by atoms with van der Waals surface area (Å²) in [4.78, 5) is 15.2. The van der Waals surface area contributed by atoms with Crippen molar-refractivity contribution in [1.82, 2.24) is 14.7 Å². The Bertz CT molecular complexity index is 533. The van der Waals surface area contributed by atoms with Crippen LogP contribution in [0.3, 0.4) is 0 Å². The number of aryl methyl sites for hydroxylation is 1. The molecule has 0 saturated heterocycles. The Balaban J connectivity index is 1.76. The molecule has 1 amide bonds. The molecule has 5 nitrogen and oxygen atoms in total. The minimum atomic E-state index is 0.0329. The Morgan fingerprint density at radius 3 is 3.05 bits per heavy atom. The molecule has 0 aliphatic heterocycles. The molecule has 0 atom stereocenters. The standard InChI is InChI=1S/C14H20N4OS/c1-17(2)7-8-18-11-12(10-15-18)16-14(19)6-5-13-4-3-9-20-13/h3-4,9-11H,5-8H2,1-2H3,(H,16,19). The number of rotatable bonds is 7. The van der Waals surface area contributed by atoms with Crippen LogP contribution in [0, 0.1) is 0 Å². The number of amides is 1. The monoisotopic (exact) mass is 292 g/mol. The van der Waals surface area contributed by atoms with E-state index in [1.807, 2.05) is 36.4 Å². The molecule has 0 unspecified atom stereocenters. The van der Waals surface area contributed by atoms with Gasteiger partial charge in [-0.25, -0.2) is 0 Å². The Morgan fingerprint density at radius 2 is 2.35 bits per heavy atom. The Kier molecular flexibility index (Phi) is 5.31. The van der Waals surface area contributed by atoms with E-state index in [-0.39, 0.29) is 5.91 Å². The van der Waals surface area contributed by atoms with Gasteiger partial charge >= 0.3 is 0 Å². The van der Waals surface area contributed by atoms with Gasteiger partial charge in [-0.2, -0.15) is 5.10 Å². The zero-order valence-corrected chi connectivity index (χ0v) is 12.7. The Hall–Kier alpha value is -1.66. The lowest BCUT2D eigenvalue weighted by molar-refractivity contribution is -0.116. The van der Waals surface area contributed by atoms with Gasteiger partial charge in [0.2, 0.25) is 5.91 Å². The molecule has 0 aromatic carbocycles. The predicted molar refractivity (Wildman–Crippen MR) is 82.1 cm³/mol. The maximum absolute atomic E-state index is 11.8. The van der Waals surface area contributed by atoms with Crippen molar-refractivity contribution in [1.29, 1.82) is 0 Å². The number of hydrogen-bond donors (Lipinski definition) is 1. The van der Waals surface area contributed by atoms with Gasteiger partial charge in [-0.05, 0) is 32.0 Å². The third-order valence-corrected chi connectivity index (χ3v) is 3.81. The number of aromatic nitrogens is 2. The lowest BCUT2D eigenvalue weighted by atomic mass is 10.2. The van der Waals surface area contributed by atoms with Gasteiger partial charge in [0.15, 0.2) is 0 Å². The summed E-state index contributed by atoms with van der Waals surface area (Å²) in [7, 11) is 4.05. The number of likely N-dealkylation sites (N-methyl/N-ethyl adjacent to an activating group) is 1. The van der Waals surface area contributed by atoms with E-state index in [2.05, 4.69) is 21.4 Å². The van der Waals surface area contributed by atoms with Crippen molar-refractivity contribution in [3.05, 3.63) is 34.8 Å². The zero-order chi connectivity index (χ0) is 14.4. The highest BCUT2D eigenvalue weighted by Gasteiger charge is 2.05. The molecule has 108 valence electrons. The molecule has 2 rings (SSSR count). The zero-order valence-electron chi connectivity index (χ0n) is 11.9. The third kappa shape index (κ3) is 4.79. The number of hydrogen-bond acceptors (Lipinski definition) is 4. The van der Waals surface area contributed by atoms with Crippen LogP contribution < -0.4 is 5.32 Å². The van der Waals surface area contributed by atoms with Crippen LogP contribution in [0.25, 0.3) is 0 Å². The lowest BCUT2D eigenvalue weighted by Crippen LogP contribution is -2.18. The molecule has 2 aromatic heterocycles. The van der Waals surface area contributed by atoms with Crippen LogP contribution in [-0.4, -0.2) is 41.2 Å². The molecule has 0 radical (unpaired) electrons. The minimum absolute atomic E-state index is 0.0329. The van der Waals surface area contributed by atoms with Gasteiger partial charge in [-0.3, -0.25) is 9.48 Å². The van der Waals surface area contributed by atoms with Gasteiger partial charge in [0.25, 0.3) is 0 Å². The van der Waals surface area contributed by atoms with Gasteiger partial charge in [0, 0.05) is 24.0 Å². The van der Waals surface area contributed by atoms with E-state index < -0.39 is 0 Å². The summed E-state index contributed by atoms with van der Waals surface area (Å²) < 4.78 is 1.84. The average Bonchev–Trinajstić information content (AvgIpc) is 3.05. The van der Waals surface area contributed by atoms with Crippen molar-refractivity contribution in [3.63, 3.8) is 0 Å². The van der Waals surface area contributed by atoms with Crippen molar-refractivity contribution >= 4 is 22.9 Å². The maximum Gasteiger partial charge on any atom is 0.224 e. The van der Waals surface area contributed by atoms with E-state index in [1.165, 1.54) is 4.88 Å². The van der Waals surface area contributed by atoms with E-state index in [9.17, 15) is 4.79 Å². The third-order valence-electron chi connectivity index (χ3n) is 2.87. The van der Waals surface area contributed by atoms with Gasteiger partial charge in [0.05, 0.1) is 18.4 Å². The molecule has 0 aliphatic carbocycles. The molecule has 0 aliphatic rings. The number of nitrogens with one attached hydrogen (secondary N) is 1. The molecule has 6 heteroatoms. The largest absolute Gasteiger partial charge is 0.323 e. The Morgan fingerprint density at radius 1 is 1.50 bits per heavy atom. The molecule has 20 heavy (non-hydrogen) atoms. The second-order valence-corrected chi connectivity index (χ2v) is 5.96. The van der Waals surface area contributed by atoms with Crippen molar-refractivity contribution < 1.29 is 4.79 Å². The molecular formula is C14H20N4OS. The van der Waals surface area contributed by atoms with Crippen molar-refractivity contribution in [2.75, 3.05) is 26.0 Å². The van der Waals surface area contributed by atoms with E-state index in [4.69, 9.17) is 0 Å². The number of anilines is 1. The summed E-state index contributed by atoms with van der Waals surface area (Å²) in [6, 6.07) is 4.06. The van der Waals surface area contributed by atoms with Crippen LogP contribution in [0.2, 0.25) is 0 Å². The normalized spacial score (nSPS) is 10.9. The molecular weight excluding hydrogens is 272 g/mol. The first-order valence-corrected chi connectivity index (χ1v) is 7.51. The summed E-state index contributed by atoms with van der Waals surface area (Å²) in [5, 5.41) is 9.14. The molecule has 0 spiro atoms. The number of thiophene rings is 1. The first kappa shape index (κ1) is 14.7. The quantitative estimate of drug-likeness (QED) is 0.850. The first-order chi connectivity index (χ1) is 9.63. The van der Waals surface area contributed by atoms with Gasteiger partial charge in [0.1, 0.15) is 0 Å². The second kappa shape index (κ2) is 7.21. The van der Waals surface area contributed by atoms with E-state index in [0.717, 1.165) is 25.2 Å². The van der Waals surface area contributed by atoms with Crippen LogP contribution >= 0.6 is 11.3 Å². The highest BCUT2D eigenvalue weighted by atomic mass is 32.1. The molecule has 2 heterocycles. The van der Waals surface area contributed by atoms with Crippen molar-refractivity contribution in [2.45, 2.75) is 19.4 Å². The molecule has 0 saturated carbocycles. The lowest BCUT2D eigenvalue weighted by Gasteiger charge is -2.08. The van der Waals surface area contributed by atoms with Gasteiger partial charge in [-0.15, -0.1) is 11.3 Å². The maximum atomic E-state index is 11.8. The Labute approximate surface area is 123 Å². The first-order valence-electron chi connectivity index (χ1n) is 6.63. The van der Waals surface area contributed by atoms with Gasteiger partial charge in [-0.1, -0.05) is 6.07 Å². The van der Waals surface area contributed by atoms with E-state index >= 15 is 0 Å². The van der Waals surface area contributed by atoms with Gasteiger partial charge < -0.3 is 10.2 Å². The fraction of sp³-hybridized carbons (Fsp3) is 0.429. The number of nitrogens with zero attached hydrogens (tertiary/aromatic N) is 3. The topological polar surface area (TPSA) is 50.2 Å². The predicted octanol–water partition coefficient (Wildman–Crippen LogP) is 2.08. The van der Waals surface area contributed by atoms with E-state index in [0.29, 0.717) is 6.42 Å². The molecule has 1 N–H and O–H groups in total. The average molecular weight is 292 g/mol. The minimum Gasteiger partial charge on any atom is -0.323 e. The summed E-state index contributed by atoms with van der Waals surface area (Å²) in [6.45, 7) is 1.74. The van der Waals surface area contributed by atoms with Crippen molar-refractivity contribution in [2.24, 2.45) is 0 Å². The van der Waals surface area contributed by atoms with Crippen LogP contribution in [-0.2, 0) is 17.8 Å². The van der Waals surface area contributed by atoms with Crippen LogP contribution in [0.1, 0.15) is 11.3 Å². The van der Waals surface area contributed by atoms with Crippen LogP contribution in [0.4, 0.5) is 5.69 Å². The fourth-order valence-electron chi connectivity index (χ4n) is 1.77. The number of carbonyl (C=O) groups is 1.